The molecule has 0 saturated carbocycles. The fraction of sp³-hybridized carbons (Fsp3) is 0.263. The molecule has 0 aliphatic carbocycles. The van der Waals surface area contributed by atoms with Crippen LogP contribution in [0, 0.1) is 0 Å². The Kier molecular flexibility index (Phi) is 5.23. The summed E-state index contributed by atoms with van der Waals surface area (Å²) in [6, 6.07) is 10.5. The molecule has 0 bridgehead atoms. The van der Waals surface area contributed by atoms with Gasteiger partial charge in [0.15, 0.2) is 10.8 Å². The van der Waals surface area contributed by atoms with Crippen molar-refractivity contribution in [1.29, 1.82) is 0 Å². The van der Waals surface area contributed by atoms with E-state index >= 15 is 0 Å². The zero-order chi connectivity index (χ0) is 19.7. The van der Waals surface area contributed by atoms with E-state index in [9.17, 15) is 9.59 Å². The highest BCUT2D eigenvalue weighted by Gasteiger charge is 2.12. The minimum atomic E-state index is -0.180. The molecule has 0 fully saturated rings. The number of rotatable bonds is 6. The van der Waals surface area contributed by atoms with E-state index in [1.165, 1.54) is 20.8 Å². The average Bonchev–Trinajstić information content (AvgIpc) is 3.00. The molecule has 9 heteroatoms. The maximum Gasteiger partial charge on any atom is 0.350 e. The molecule has 0 saturated heterocycles. The first-order valence-corrected chi connectivity index (χ1v) is 10.3. The van der Waals surface area contributed by atoms with E-state index in [0.29, 0.717) is 45.6 Å². The molecular weight excluding hydrogens is 398 g/mol. The maximum absolute atomic E-state index is 12.9. The summed E-state index contributed by atoms with van der Waals surface area (Å²) in [6.07, 6.45) is 2.52. The topological polar surface area (TPSA) is 74.2 Å². The summed E-state index contributed by atoms with van der Waals surface area (Å²) in [5, 5.41) is 6.05. The minimum absolute atomic E-state index is 0.0732. The van der Waals surface area contributed by atoms with Gasteiger partial charge in [-0.3, -0.25) is 13.8 Å². The summed E-state index contributed by atoms with van der Waals surface area (Å²) in [5.74, 6) is 0.562. The van der Waals surface area contributed by atoms with Gasteiger partial charge >= 0.3 is 5.69 Å². The predicted molar refractivity (Wildman–Crippen MR) is 111 cm³/mol. The largest absolute Gasteiger partial charge is 0.350 e. The van der Waals surface area contributed by atoms with Gasteiger partial charge in [0.05, 0.1) is 17.4 Å². The smallest absolute Gasteiger partial charge is 0.287 e. The molecule has 1 aromatic carbocycles. The number of hydrogen-bond acceptors (Lipinski definition) is 5. The zero-order valence-corrected chi connectivity index (χ0v) is 16.8. The Balaban J connectivity index is 1.63. The number of aryl methyl sites for hydroxylation is 1. The van der Waals surface area contributed by atoms with E-state index in [1.807, 2.05) is 13.0 Å². The third kappa shape index (κ3) is 3.45. The van der Waals surface area contributed by atoms with Crippen molar-refractivity contribution >= 4 is 39.9 Å². The van der Waals surface area contributed by atoms with E-state index in [-0.39, 0.29) is 11.2 Å². The monoisotopic (exact) mass is 415 g/mol. The molecule has 7 nitrogen and oxygen atoms in total. The van der Waals surface area contributed by atoms with Crippen LogP contribution in [0.2, 0.25) is 5.02 Å². The summed E-state index contributed by atoms with van der Waals surface area (Å²) in [6.45, 7) is 3.02. The minimum Gasteiger partial charge on any atom is -0.287 e. The van der Waals surface area contributed by atoms with Crippen molar-refractivity contribution in [3.63, 3.8) is 0 Å². The first kappa shape index (κ1) is 18.8. The second kappa shape index (κ2) is 7.81. The predicted octanol–water partition coefficient (Wildman–Crippen LogP) is 3.06. The molecule has 0 aliphatic rings. The van der Waals surface area contributed by atoms with Crippen LogP contribution in [0.1, 0.15) is 13.3 Å². The third-order valence-corrected chi connectivity index (χ3v) is 5.54. The number of hydrogen-bond donors (Lipinski definition) is 0. The lowest BCUT2D eigenvalue weighted by atomic mass is 10.2. The van der Waals surface area contributed by atoms with Crippen molar-refractivity contribution in [3.8, 4) is 0 Å². The maximum atomic E-state index is 12.9. The highest BCUT2D eigenvalue weighted by atomic mass is 35.5. The standard InChI is InChI=1S/C19H18ClN5O2S/c1-2-8-24-17(26)14-7-6-13(20)12-15(14)21-18(24)28-11-10-25-19(27)23-9-4-3-5-16(23)22-25/h3-7,9,12H,2,8,10-11H2,1H3. The molecular formula is C19H18ClN5O2S. The molecule has 28 heavy (non-hydrogen) atoms. The SMILES string of the molecule is CCCn1c(SCCn2nc3ccccn3c2=O)nc2cc(Cl)ccc2c1=O. The fourth-order valence-electron chi connectivity index (χ4n) is 3.04. The van der Waals surface area contributed by atoms with Gasteiger partial charge in [0.25, 0.3) is 5.56 Å². The highest BCUT2D eigenvalue weighted by molar-refractivity contribution is 7.99. The van der Waals surface area contributed by atoms with Crippen LogP contribution < -0.4 is 11.2 Å². The van der Waals surface area contributed by atoms with Gasteiger partial charge in [-0.15, -0.1) is 5.10 Å². The lowest BCUT2D eigenvalue weighted by Crippen LogP contribution is -2.24. The number of fused-ring (bicyclic) bond motifs is 2. The molecule has 0 amide bonds. The summed E-state index contributed by atoms with van der Waals surface area (Å²) < 4.78 is 4.63. The first-order valence-electron chi connectivity index (χ1n) is 8.95. The molecule has 4 aromatic rings. The zero-order valence-electron chi connectivity index (χ0n) is 15.2. The molecule has 0 radical (unpaired) electrons. The van der Waals surface area contributed by atoms with Gasteiger partial charge in [-0.2, -0.15) is 0 Å². The molecule has 144 valence electrons. The first-order chi connectivity index (χ1) is 13.6. The Hall–Kier alpha value is -2.58. The number of nitrogens with zero attached hydrogens (tertiary/aromatic N) is 5. The molecule has 4 rings (SSSR count). The molecule has 0 spiro atoms. The van der Waals surface area contributed by atoms with Crippen LogP contribution in [0.5, 0.6) is 0 Å². The van der Waals surface area contributed by atoms with Crippen LogP contribution in [0.15, 0.2) is 57.3 Å². The lowest BCUT2D eigenvalue weighted by molar-refractivity contribution is 0.582. The molecule has 0 aliphatic heterocycles. The lowest BCUT2D eigenvalue weighted by Gasteiger charge is -2.12. The second-order valence-corrected chi connectivity index (χ2v) is 7.79. The van der Waals surface area contributed by atoms with Crippen molar-refractivity contribution in [2.24, 2.45) is 0 Å². The number of pyridine rings is 1. The van der Waals surface area contributed by atoms with Crippen molar-refractivity contribution < 1.29 is 0 Å². The molecule has 3 aromatic heterocycles. The van der Waals surface area contributed by atoms with Crippen LogP contribution in [-0.4, -0.2) is 29.5 Å². The van der Waals surface area contributed by atoms with Crippen LogP contribution in [-0.2, 0) is 13.1 Å². The molecule has 0 atom stereocenters. The number of aromatic nitrogens is 5. The van der Waals surface area contributed by atoms with Gasteiger partial charge in [-0.25, -0.2) is 14.5 Å². The summed E-state index contributed by atoms with van der Waals surface area (Å²) in [4.78, 5) is 29.9. The summed E-state index contributed by atoms with van der Waals surface area (Å²) in [7, 11) is 0. The Morgan fingerprint density at radius 1 is 1.14 bits per heavy atom. The Morgan fingerprint density at radius 3 is 2.79 bits per heavy atom. The molecule has 0 N–H and O–H groups in total. The third-order valence-electron chi connectivity index (χ3n) is 4.35. The van der Waals surface area contributed by atoms with Gasteiger partial charge in [0, 0.05) is 23.5 Å². The van der Waals surface area contributed by atoms with Crippen molar-refractivity contribution in [2.45, 2.75) is 31.6 Å². The van der Waals surface area contributed by atoms with E-state index in [1.54, 1.807) is 41.1 Å². The molecule has 3 heterocycles. The average molecular weight is 416 g/mol. The van der Waals surface area contributed by atoms with E-state index < -0.39 is 0 Å². The van der Waals surface area contributed by atoms with E-state index in [0.717, 1.165) is 6.42 Å². The Morgan fingerprint density at radius 2 is 2.00 bits per heavy atom. The van der Waals surface area contributed by atoms with Gasteiger partial charge in [-0.1, -0.05) is 36.4 Å². The van der Waals surface area contributed by atoms with Gasteiger partial charge in [0.2, 0.25) is 0 Å². The van der Waals surface area contributed by atoms with Crippen molar-refractivity contribution in [1.82, 2.24) is 23.7 Å². The highest BCUT2D eigenvalue weighted by Crippen LogP contribution is 2.20. The number of thioether (sulfide) groups is 1. The van der Waals surface area contributed by atoms with Gasteiger partial charge < -0.3 is 0 Å². The normalized spacial score (nSPS) is 11.5. The van der Waals surface area contributed by atoms with Crippen LogP contribution in [0.3, 0.4) is 0 Å². The summed E-state index contributed by atoms with van der Waals surface area (Å²) in [5.41, 5.74) is 0.937. The second-order valence-electron chi connectivity index (χ2n) is 6.30. The molecule has 0 unspecified atom stereocenters. The fourth-order valence-corrected chi connectivity index (χ4v) is 4.15. The number of benzene rings is 1. The van der Waals surface area contributed by atoms with Gasteiger partial charge in [-0.05, 0) is 36.8 Å². The number of halogens is 1. The van der Waals surface area contributed by atoms with Crippen LogP contribution >= 0.6 is 23.4 Å². The van der Waals surface area contributed by atoms with Gasteiger partial charge in [0.1, 0.15) is 0 Å². The van der Waals surface area contributed by atoms with E-state index in [4.69, 9.17) is 11.6 Å². The van der Waals surface area contributed by atoms with E-state index in [2.05, 4.69) is 10.1 Å². The van der Waals surface area contributed by atoms with Crippen molar-refractivity contribution in [2.75, 3.05) is 5.75 Å². The Labute approximate surface area is 169 Å². The van der Waals surface area contributed by atoms with Crippen LogP contribution in [0.4, 0.5) is 0 Å². The Bertz CT molecular complexity index is 1280. The van der Waals surface area contributed by atoms with Crippen molar-refractivity contribution in [3.05, 3.63) is 68.5 Å². The van der Waals surface area contributed by atoms with Crippen LogP contribution in [0.25, 0.3) is 16.6 Å². The quantitative estimate of drug-likeness (QED) is 0.357. The summed E-state index contributed by atoms with van der Waals surface area (Å²) >= 11 is 7.50.